The third-order valence-electron chi connectivity index (χ3n) is 4.81. The summed E-state index contributed by atoms with van der Waals surface area (Å²) in [5.74, 6) is 1.04. The molecule has 1 heterocycles. The SMILES string of the molecule is CN(CCCCCc1cc(-c2ccccc2)no1)C(=O)Cc1ccc(N)cc1. The quantitative estimate of drug-likeness (QED) is 0.445. The standard InChI is InChI=1S/C23H27N3O2/c1-26(23(27)16-18-11-13-20(24)14-12-18)15-7-3-6-10-21-17-22(25-28-21)19-8-4-2-5-9-19/h2,4-5,8-9,11-14,17H,3,6-7,10,15-16,24H2,1H3. The van der Waals surface area contributed by atoms with E-state index in [9.17, 15) is 4.79 Å². The highest BCUT2D eigenvalue weighted by atomic mass is 16.5. The molecule has 0 aliphatic carbocycles. The average molecular weight is 377 g/mol. The van der Waals surface area contributed by atoms with Gasteiger partial charge in [0.2, 0.25) is 5.91 Å². The van der Waals surface area contributed by atoms with Crippen LogP contribution in [0.15, 0.2) is 65.2 Å². The molecule has 1 amide bonds. The maximum Gasteiger partial charge on any atom is 0.226 e. The summed E-state index contributed by atoms with van der Waals surface area (Å²) in [7, 11) is 1.86. The number of aromatic nitrogens is 1. The summed E-state index contributed by atoms with van der Waals surface area (Å²) < 4.78 is 5.44. The molecule has 2 N–H and O–H groups in total. The Balaban J connectivity index is 1.35. The van der Waals surface area contributed by atoms with Gasteiger partial charge in [0.25, 0.3) is 0 Å². The van der Waals surface area contributed by atoms with Crippen molar-refractivity contribution in [1.29, 1.82) is 0 Å². The summed E-state index contributed by atoms with van der Waals surface area (Å²) in [4.78, 5) is 14.1. The minimum absolute atomic E-state index is 0.132. The van der Waals surface area contributed by atoms with Crippen LogP contribution in [0.2, 0.25) is 0 Å². The van der Waals surface area contributed by atoms with Crippen LogP contribution in [0.25, 0.3) is 11.3 Å². The molecule has 146 valence electrons. The molecule has 0 atom stereocenters. The first-order valence-electron chi connectivity index (χ1n) is 9.71. The lowest BCUT2D eigenvalue weighted by Crippen LogP contribution is -2.29. The first-order valence-corrected chi connectivity index (χ1v) is 9.71. The minimum atomic E-state index is 0.132. The Kier molecular flexibility index (Phi) is 6.84. The number of benzene rings is 2. The summed E-state index contributed by atoms with van der Waals surface area (Å²) in [6.45, 7) is 0.763. The number of amides is 1. The Labute approximate surface area is 166 Å². The van der Waals surface area contributed by atoms with Gasteiger partial charge >= 0.3 is 0 Å². The topological polar surface area (TPSA) is 72.4 Å². The van der Waals surface area contributed by atoms with Crippen LogP contribution in [0.3, 0.4) is 0 Å². The van der Waals surface area contributed by atoms with Gasteiger partial charge in [0.15, 0.2) is 0 Å². The van der Waals surface area contributed by atoms with Crippen molar-refractivity contribution < 1.29 is 9.32 Å². The molecule has 2 aromatic carbocycles. The second kappa shape index (κ2) is 9.74. The maximum atomic E-state index is 12.3. The summed E-state index contributed by atoms with van der Waals surface area (Å²) in [6, 6.07) is 19.5. The van der Waals surface area contributed by atoms with E-state index >= 15 is 0 Å². The number of unbranched alkanes of at least 4 members (excludes halogenated alkanes) is 2. The van der Waals surface area contributed by atoms with Gasteiger partial charge in [-0.05, 0) is 30.5 Å². The van der Waals surface area contributed by atoms with E-state index in [2.05, 4.69) is 5.16 Å². The minimum Gasteiger partial charge on any atom is -0.399 e. The molecule has 0 aliphatic heterocycles. The third-order valence-corrected chi connectivity index (χ3v) is 4.81. The second-order valence-electron chi connectivity index (χ2n) is 7.09. The average Bonchev–Trinajstić information content (AvgIpc) is 3.19. The number of hydrogen-bond acceptors (Lipinski definition) is 4. The molecule has 0 saturated carbocycles. The van der Waals surface area contributed by atoms with Crippen LogP contribution >= 0.6 is 0 Å². The van der Waals surface area contributed by atoms with Crippen LogP contribution in [0, 0.1) is 0 Å². The molecule has 1 aromatic heterocycles. The van der Waals surface area contributed by atoms with Gasteiger partial charge in [-0.25, -0.2) is 0 Å². The van der Waals surface area contributed by atoms with Crippen LogP contribution in [-0.4, -0.2) is 29.6 Å². The van der Waals surface area contributed by atoms with Gasteiger partial charge in [0.05, 0.1) is 6.42 Å². The van der Waals surface area contributed by atoms with Crippen molar-refractivity contribution in [3.63, 3.8) is 0 Å². The van der Waals surface area contributed by atoms with Gasteiger partial charge in [-0.2, -0.15) is 0 Å². The Hall–Kier alpha value is -3.08. The van der Waals surface area contributed by atoms with E-state index in [1.54, 1.807) is 4.90 Å². The van der Waals surface area contributed by atoms with Crippen LogP contribution < -0.4 is 5.73 Å². The zero-order valence-electron chi connectivity index (χ0n) is 16.3. The van der Waals surface area contributed by atoms with Crippen LogP contribution in [0.4, 0.5) is 5.69 Å². The van der Waals surface area contributed by atoms with Gasteiger partial charge in [0.1, 0.15) is 11.5 Å². The molecule has 0 fully saturated rings. The van der Waals surface area contributed by atoms with Gasteiger partial charge in [-0.3, -0.25) is 4.79 Å². The number of aryl methyl sites for hydroxylation is 1. The molecule has 0 bridgehead atoms. The van der Waals surface area contributed by atoms with Crippen molar-refractivity contribution in [3.8, 4) is 11.3 Å². The van der Waals surface area contributed by atoms with Crippen molar-refractivity contribution in [2.45, 2.75) is 32.1 Å². The van der Waals surface area contributed by atoms with E-state index in [1.165, 1.54) is 0 Å². The Bertz CT molecular complexity index is 872. The number of anilines is 1. The predicted molar refractivity (Wildman–Crippen MR) is 112 cm³/mol. The first kappa shape index (κ1) is 19.7. The van der Waals surface area contributed by atoms with E-state index in [4.69, 9.17) is 10.3 Å². The summed E-state index contributed by atoms with van der Waals surface area (Å²) in [6.07, 6.45) is 4.31. The fourth-order valence-corrected chi connectivity index (χ4v) is 3.07. The lowest BCUT2D eigenvalue weighted by molar-refractivity contribution is -0.129. The number of hydrogen-bond donors (Lipinski definition) is 1. The highest BCUT2D eigenvalue weighted by Crippen LogP contribution is 2.19. The molecule has 5 heteroatoms. The maximum absolute atomic E-state index is 12.3. The molecule has 28 heavy (non-hydrogen) atoms. The van der Waals surface area contributed by atoms with E-state index in [1.807, 2.05) is 67.7 Å². The molecular formula is C23H27N3O2. The largest absolute Gasteiger partial charge is 0.399 e. The lowest BCUT2D eigenvalue weighted by atomic mass is 10.1. The molecule has 0 unspecified atom stereocenters. The zero-order valence-corrected chi connectivity index (χ0v) is 16.3. The molecular weight excluding hydrogens is 350 g/mol. The molecule has 3 rings (SSSR count). The number of likely N-dealkylation sites (N-methyl/N-ethyl adjacent to an activating group) is 1. The Morgan fingerprint density at radius 3 is 2.54 bits per heavy atom. The lowest BCUT2D eigenvalue weighted by Gasteiger charge is -2.17. The highest BCUT2D eigenvalue weighted by Gasteiger charge is 2.10. The number of nitrogens with two attached hydrogens (primary N) is 1. The van der Waals surface area contributed by atoms with Crippen LogP contribution in [-0.2, 0) is 17.6 Å². The molecule has 0 radical (unpaired) electrons. The van der Waals surface area contributed by atoms with Crippen molar-refractivity contribution in [3.05, 3.63) is 72.0 Å². The van der Waals surface area contributed by atoms with Crippen molar-refractivity contribution in [2.24, 2.45) is 0 Å². The summed E-state index contributed by atoms with van der Waals surface area (Å²) in [5.41, 5.74) is 9.33. The van der Waals surface area contributed by atoms with Gasteiger partial charge in [-0.15, -0.1) is 0 Å². The molecule has 0 saturated heterocycles. The number of nitrogen functional groups attached to an aromatic ring is 1. The number of carbonyl (C=O) groups is 1. The number of carbonyl (C=O) groups excluding carboxylic acids is 1. The predicted octanol–water partition coefficient (Wildman–Crippen LogP) is 4.34. The monoisotopic (exact) mass is 377 g/mol. The van der Waals surface area contributed by atoms with E-state index in [0.717, 1.165) is 54.8 Å². The van der Waals surface area contributed by atoms with Crippen molar-refractivity contribution >= 4 is 11.6 Å². The van der Waals surface area contributed by atoms with Crippen LogP contribution in [0.5, 0.6) is 0 Å². The zero-order chi connectivity index (χ0) is 19.8. The Morgan fingerprint density at radius 1 is 1.04 bits per heavy atom. The fourth-order valence-electron chi connectivity index (χ4n) is 3.07. The van der Waals surface area contributed by atoms with Gasteiger partial charge < -0.3 is 15.2 Å². The normalized spacial score (nSPS) is 10.8. The molecule has 5 nitrogen and oxygen atoms in total. The number of rotatable bonds is 9. The first-order chi connectivity index (χ1) is 13.6. The van der Waals surface area contributed by atoms with Gasteiger partial charge in [-0.1, -0.05) is 54.0 Å². The van der Waals surface area contributed by atoms with E-state index < -0.39 is 0 Å². The molecule has 0 spiro atoms. The van der Waals surface area contributed by atoms with E-state index in [-0.39, 0.29) is 5.91 Å². The smallest absolute Gasteiger partial charge is 0.226 e. The molecule has 0 aliphatic rings. The van der Waals surface area contributed by atoms with Gasteiger partial charge in [0, 0.05) is 37.3 Å². The summed E-state index contributed by atoms with van der Waals surface area (Å²) >= 11 is 0. The highest BCUT2D eigenvalue weighted by molar-refractivity contribution is 5.78. The number of nitrogens with zero attached hydrogens (tertiary/aromatic N) is 2. The fraction of sp³-hybridized carbons (Fsp3) is 0.304. The molecule has 3 aromatic rings. The second-order valence-corrected chi connectivity index (χ2v) is 7.09. The summed E-state index contributed by atoms with van der Waals surface area (Å²) in [5, 5.41) is 4.15. The van der Waals surface area contributed by atoms with Crippen molar-refractivity contribution in [1.82, 2.24) is 10.1 Å². The Morgan fingerprint density at radius 2 is 1.79 bits per heavy atom. The van der Waals surface area contributed by atoms with Crippen molar-refractivity contribution in [2.75, 3.05) is 19.3 Å². The van der Waals surface area contributed by atoms with Crippen LogP contribution in [0.1, 0.15) is 30.6 Å². The third kappa shape index (κ3) is 5.71. The van der Waals surface area contributed by atoms with E-state index in [0.29, 0.717) is 12.1 Å².